The standard InChI is InChI=1S/C9H27Si4.3C3H9Si.Ge/c1-11(2,3)10(12(4,5)6)13(7,8)9;3*1-4(2)3;/h1-9H3;3*1-3H3;. The molecule has 0 amide bonds. The van der Waals surface area contributed by atoms with E-state index in [1.807, 2.05) is 0 Å². The van der Waals surface area contributed by atoms with Gasteiger partial charge in [-0.25, -0.2) is 0 Å². The van der Waals surface area contributed by atoms with Crippen LogP contribution >= 0.6 is 0 Å². The van der Waals surface area contributed by atoms with Crippen LogP contribution in [-0.4, -0.2) is 74.1 Å². The van der Waals surface area contributed by atoms with Crippen LogP contribution in [0.4, 0.5) is 0 Å². The molecule has 0 aliphatic heterocycles. The fourth-order valence-electron chi connectivity index (χ4n) is 3.38. The molecule has 0 spiro atoms. The third-order valence-corrected chi connectivity index (χ3v) is 60.8. The quantitative estimate of drug-likeness (QED) is 0.327. The molecule has 0 saturated carbocycles. The molecule has 8 heteroatoms. The molecule has 0 nitrogen and oxygen atoms in total. The molecule has 0 aliphatic rings. The van der Waals surface area contributed by atoms with E-state index in [0.717, 1.165) is 0 Å². The van der Waals surface area contributed by atoms with E-state index in [2.05, 4.69) is 118 Å². The zero-order valence-corrected chi connectivity index (χ0v) is 31.1. The van der Waals surface area contributed by atoms with Crippen molar-refractivity contribution in [1.82, 2.24) is 0 Å². The van der Waals surface area contributed by atoms with Crippen molar-refractivity contribution in [3.63, 3.8) is 0 Å². The maximum absolute atomic E-state index is 2.61. The smallest absolute Gasteiger partial charge is 0.0379 e. The molecule has 0 rings (SSSR count). The van der Waals surface area contributed by atoms with Crippen molar-refractivity contribution in [2.24, 2.45) is 0 Å². The molecule has 26 heavy (non-hydrogen) atoms. The third-order valence-electron chi connectivity index (χ3n) is 2.25. The van der Waals surface area contributed by atoms with E-state index in [4.69, 9.17) is 0 Å². The molecule has 0 aromatic rings. The van der Waals surface area contributed by atoms with Gasteiger partial charge >= 0.3 is 0 Å². The molecule has 0 N–H and O–H groups in total. The van der Waals surface area contributed by atoms with Crippen LogP contribution < -0.4 is 0 Å². The normalized spacial score (nSPS) is 11.8. The van der Waals surface area contributed by atoms with Crippen molar-refractivity contribution in [2.45, 2.75) is 118 Å². The van der Waals surface area contributed by atoms with Crippen molar-refractivity contribution >= 4 is 74.1 Å². The Balaban J connectivity index is -0.0000000933. The zero-order valence-electron chi connectivity index (χ0n) is 22.0. The maximum Gasteiger partial charge on any atom is 0.0379 e. The van der Waals surface area contributed by atoms with Crippen LogP contribution in [0.1, 0.15) is 0 Å². The van der Waals surface area contributed by atoms with Gasteiger partial charge in [-0.05, 0) is 0 Å². The molecule has 0 fully saturated rings. The minimum atomic E-state index is -0.832. The first-order chi connectivity index (χ1) is 10.6. The van der Waals surface area contributed by atoms with Crippen LogP contribution in [0, 0.1) is 0 Å². The van der Waals surface area contributed by atoms with Gasteiger partial charge in [0.2, 0.25) is 0 Å². The van der Waals surface area contributed by atoms with Crippen molar-refractivity contribution in [2.75, 3.05) is 0 Å². The molecule has 0 aromatic heterocycles. The van der Waals surface area contributed by atoms with Gasteiger partial charge in [-0.3, -0.25) is 0 Å². The van der Waals surface area contributed by atoms with Crippen LogP contribution in [0.2, 0.25) is 118 Å². The number of hydrogen-bond acceptors (Lipinski definition) is 0. The Labute approximate surface area is 190 Å². The van der Waals surface area contributed by atoms with Crippen LogP contribution in [0.5, 0.6) is 0 Å². The summed E-state index contributed by atoms with van der Waals surface area (Å²) in [6.45, 7) is 43.9. The number of rotatable bonds is 3. The summed E-state index contributed by atoms with van der Waals surface area (Å²) in [5.74, 6) is 0. The molecule has 0 heterocycles. The van der Waals surface area contributed by atoms with E-state index in [1.54, 1.807) is 0 Å². The zero-order chi connectivity index (χ0) is 21.8. The SMILES string of the molecule is C[Si](C)(C)[Si]([Si](C)(C)C)[Si](C)(C)C.C[Si](C)C.C[Si](C)C.C[Si](C)C.[Ge]. The van der Waals surface area contributed by atoms with Gasteiger partial charge in [0.15, 0.2) is 0 Å². The average Bonchev–Trinajstić information content (AvgIpc) is 2.03. The summed E-state index contributed by atoms with van der Waals surface area (Å²) in [6.07, 6.45) is 0. The predicted molar refractivity (Wildman–Crippen MR) is 152 cm³/mol. The summed E-state index contributed by atoms with van der Waals surface area (Å²) in [7, 11) is -2.11. The Morgan fingerprint density at radius 1 is 0.346 bits per heavy atom. The fraction of sp³-hybridized carbons (Fsp3) is 1.00. The van der Waals surface area contributed by atoms with Crippen LogP contribution in [0.25, 0.3) is 0 Å². The molecule has 158 valence electrons. The van der Waals surface area contributed by atoms with E-state index < -0.39 is 22.8 Å². The minimum absolute atomic E-state index is 0. The first-order valence-electron chi connectivity index (χ1n) is 9.75. The summed E-state index contributed by atoms with van der Waals surface area (Å²) in [6, 6.07) is 0. The van der Waals surface area contributed by atoms with Gasteiger partial charge in [-0.2, -0.15) is 0 Å². The van der Waals surface area contributed by atoms with Gasteiger partial charge in [-0.1, -0.05) is 118 Å². The number of hydrogen-bond donors (Lipinski definition) is 0. The van der Waals surface area contributed by atoms with E-state index >= 15 is 0 Å². The van der Waals surface area contributed by atoms with E-state index in [-0.39, 0.29) is 51.3 Å². The first kappa shape index (κ1) is 38.6. The average molecular weight is 540 g/mol. The van der Waals surface area contributed by atoms with Gasteiger partial charge in [0.1, 0.15) is 0 Å². The minimum Gasteiger partial charge on any atom is -0.0721 e. The van der Waals surface area contributed by atoms with Gasteiger partial charge in [0.05, 0.1) is 0 Å². The van der Waals surface area contributed by atoms with Gasteiger partial charge < -0.3 is 0 Å². The van der Waals surface area contributed by atoms with Crippen molar-refractivity contribution in [3.05, 3.63) is 0 Å². The Hall–Kier alpha value is 2.06. The predicted octanol–water partition coefficient (Wildman–Crippen LogP) is 7.46. The molecular weight excluding hydrogens is 485 g/mol. The van der Waals surface area contributed by atoms with Gasteiger partial charge in [-0.15, -0.1) is 0 Å². The molecule has 0 unspecified atom stereocenters. The monoisotopic (exact) mass is 540 g/mol. The largest absolute Gasteiger partial charge is 0.0721 e. The van der Waals surface area contributed by atoms with Gasteiger partial charge in [0.25, 0.3) is 0 Å². The molecule has 0 aromatic carbocycles. The Morgan fingerprint density at radius 2 is 0.423 bits per heavy atom. The molecule has 0 aliphatic carbocycles. The van der Waals surface area contributed by atoms with Crippen molar-refractivity contribution < 1.29 is 0 Å². The van der Waals surface area contributed by atoms with Crippen molar-refractivity contribution in [3.8, 4) is 0 Å². The third kappa shape index (κ3) is 40.7. The Bertz CT molecular complexity index is 232. The van der Waals surface area contributed by atoms with Crippen LogP contribution in [0.3, 0.4) is 0 Å². The van der Waals surface area contributed by atoms with E-state index in [0.29, 0.717) is 0 Å². The van der Waals surface area contributed by atoms with Crippen molar-refractivity contribution in [1.29, 1.82) is 0 Å². The summed E-state index contributed by atoms with van der Waals surface area (Å²) in [5.41, 5.74) is 0. The van der Waals surface area contributed by atoms with Gasteiger partial charge in [0, 0.05) is 74.1 Å². The van der Waals surface area contributed by atoms with Crippen LogP contribution in [-0.2, 0) is 0 Å². The molecular formula is C18H54GeSi7. The molecule has 0 bridgehead atoms. The first-order valence-corrected chi connectivity index (χ1v) is 33.8. The van der Waals surface area contributed by atoms with Crippen LogP contribution in [0.15, 0.2) is 0 Å². The summed E-state index contributed by atoms with van der Waals surface area (Å²) in [5, 5.41) is 0. The second-order valence-corrected chi connectivity index (χ2v) is 57.4. The summed E-state index contributed by atoms with van der Waals surface area (Å²) < 4.78 is 0. The second-order valence-electron chi connectivity index (χ2n) is 11.6. The second kappa shape index (κ2) is 17.9. The summed E-state index contributed by atoms with van der Waals surface area (Å²) in [4.78, 5) is 0. The maximum atomic E-state index is 2.61. The summed E-state index contributed by atoms with van der Waals surface area (Å²) >= 11 is 0. The van der Waals surface area contributed by atoms with E-state index in [9.17, 15) is 0 Å². The fourth-order valence-corrected chi connectivity index (χ4v) is 91.1. The molecule has 8 radical (unpaired) electrons. The Morgan fingerprint density at radius 3 is 0.423 bits per heavy atom. The molecule has 0 atom stereocenters. The molecule has 0 saturated heterocycles. The van der Waals surface area contributed by atoms with E-state index in [1.165, 1.54) is 0 Å². The topological polar surface area (TPSA) is 0 Å². The Kier molecular flexibility index (Phi) is 26.6.